The molecule has 2 N–H and O–H groups in total. The molecule has 2 aromatic heterocycles. The number of oxazole rings is 1. The highest BCUT2D eigenvalue weighted by molar-refractivity contribution is 7.71. The van der Waals surface area contributed by atoms with Gasteiger partial charge in [0.1, 0.15) is 17.4 Å². The number of fused-ring (bicyclic) bond motifs is 2. The molecule has 0 bridgehead atoms. The Balaban J connectivity index is 1.68. The zero-order chi connectivity index (χ0) is 22.2. The third-order valence-electron chi connectivity index (χ3n) is 5.52. The lowest BCUT2D eigenvalue weighted by molar-refractivity contribution is 0.0690. The van der Waals surface area contributed by atoms with Gasteiger partial charge in [-0.05, 0) is 22.3 Å². The van der Waals surface area contributed by atoms with Gasteiger partial charge in [0.05, 0.1) is 0 Å². The maximum absolute atomic E-state index is 12.6. The summed E-state index contributed by atoms with van der Waals surface area (Å²) in [7, 11) is 0. The van der Waals surface area contributed by atoms with Crippen LogP contribution in [0.1, 0.15) is 50.1 Å². The Bertz CT molecular complexity index is 1450. The molecule has 7 nitrogen and oxygen atoms in total. The summed E-state index contributed by atoms with van der Waals surface area (Å²) in [4.78, 5) is 30.4. The van der Waals surface area contributed by atoms with Crippen LogP contribution < -0.4 is 5.69 Å². The number of rotatable bonds is 4. The van der Waals surface area contributed by atoms with Crippen molar-refractivity contribution in [1.82, 2.24) is 14.5 Å². The third kappa shape index (κ3) is 3.40. The maximum Gasteiger partial charge on any atom is 0.357 e. The van der Waals surface area contributed by atoms with E-state index < -0.39 is 11.7 Å². The topological polar surface area (TPSA) is 101 Å². The van der Waals surface area contributed by atoms with Gasteiger partial charge in [-0.25, -0.2) is 14.6 Å². The molecule has 1 aliphatic carbocycles. The van der Waals surface area contributed by atoms with Gasteiger partial charge < -0.3 is 14.5 Å². The van der Waals surface area contributed by atoms with E-state index in [1.54, 1.807) is 6.20 Å². The molecular formula is C24H17N3O4S. The van der Waals surface area contributed by atoms with Crippen LogP contribution in [0.5, 0.6) is 0 Å². The van der Waals surface area contributed by atoms with Crippen LogP contribution in [-0.2, 0) is 6.54 Å². The SMILES string of the molecule is O=C(O)c1coc(Cn2c(=O)[nH]cc(C3c4ccccc4C=Cc4ccccc43)c2=S)n1. The average Bonchev–Trinajstić information content (AvgIpc) is 3.21. The molecule has 0 unspecified atom stereocenters. The van der Waals surface area contributed by atoms with E-state index in [1.807, 2.05) is 36.4 Å². The Hall–Kier alpha value is -4.04. The van der Waals surface area contributed by atoms with Crippen molar-refractivity contribution in [2.75, 3.05) is 0 Å². The number of carbonyl (C=O) groups is 1. The van der Waals surface area contributed by atoms with Crippen LogP contribution >= 0.6 is 12.2 Å². The number of carboxylic acids is 1. The van der Waals surface area contributed by atoms with Crippen LogP contribution in [-0.4, -0.2) is 25.6 Å². The molecule has 0 spiro atoms. The molecule has 4 aromatic rings. The standard InChI is InChI=1S/C24H17N3O4S/c28-23(29)19-13-31-20(26-19)12-27-22(32)18(11-25-24(27)30)21-16-7-3-1-5-14(16)9-10-15-6-2-4-8-17(15)21/h1-11,13,21H,12H2,(H,25,30)(H,28,29). The van der Waals surface area contributed by atoms with Crippen molar-refractivity contribution in [3.05, 3.63) is 116 Å². The molecule has 158 valence electrons. The van der Waals surface area contributed by atoms with Gasteiger partial charge in [-0.3, -0.25) is 4.57 Å². The maximum atomic E-state index is 12.6. The summed E-state index contributed by atoms with van der Waals surface area (Å²) in [5.41, 5.74) is 4.39. The fourth-order valence-corrected chi connectivity index (χ4v) is 4.35. The summed E-state index contributed by atoms with van der Waals surface area (Å²) in [6, 6.07) is 16.2. The molecule has 0 fully saturated rings. The second-order valence-corrected chi connectivity index (χ2v) is 7.78. The van der Waals surface area contributed by atoms with Gasteiger partial charge >= 0.3 is 11.7 Å². The minimum absolute atomic E-state index is 0.0798. The van der Waals surface area contributed by atoms with Crippen molar-refractivity contribution in [3.8, 4) is 0 Å². The predicted octanol–water partition coefficient (Wildman–Crippen LogP) is 4.30. The zero-order valence-corrected chi connectivity index (χ0v) is 17.5. The van der Waals surface area contributed by atoms with E-state index in [1.165, 1.54) is 4.57 Å². The third-order valence-corrected chi connectivity index (χ3v) is 5.98. The molecule has 0 amide bonds. The first kappa shape index (κ1) is 19.9. The fraction of sp³-hybridized carbons (Fsp3) is 0.0833. The number of aromatic nitrogens is 3. The van der Waals surface area contributed by atoms with E-state index in [0.29, 0.717) is 4.64 Å². The molecule has 0 atom stereocenters. The fourth-order valence-electron chi connectivity index (χ4n) is 4.03. The minimum Gasteiger partial charge on any atom is -0.476 e. The van der Waals surface area contributed by atoms with Crippen LogP contribution in [0.2, 0.25) is 0 Å². The van der Waals surface area contributed by atoms with Crippen LogP contribution in [0.15, 0.2) is 70.2 Å². The highest BCUT2D eigenvalue weighted by Crippen LogP contribution is 2.39. The lowest BCUT2D eigenvalue weighted by atomic mass is 9.83. The van der Waals surface area contributed by atoms with E-state index >= 15 is 0 Å². The van der Waals surface area contributed by atoms with Gasteiger partial charge in [-0.15, -0.1) is 0 Å². The Kier molecular flexibility index (Phi) is 4.91. The Morgan fingerprint density at radius 2 is 1.69 bits per heavy atom. The Morgan fingerprint density at radius 1 is 1.06 bits per heavy atom. The summed E-state index contributed by atoms with van der Waals surface area (Å²) in [6.07, 6.45) is 6.86. The summed E-state index contributed by atoms with van der Waals surface area (Å²) >= 11 is 5.76. The quantitative estimate of drug-likeness (QED) is 0.402. The van der Waals surface area contributed by atoms with E-state index in [4.69, 9.17) is 21.7 Å². The first-order chi connectivity index (χ1) is 15.5. The highest BCUT2D eigenvalue weighted by atomic mass is 32.1. The second-order valence-electron chi connectivity index (χ2n) is 7.40. The monoisotopic (exact) mass is 443 g/mol. The number of benzene rings is 2. The highest BCUT2D eigenvalue weighted by Gasteiger charge is 2.25. The number of aromatic carboxylic acids is 1. The number of carboxylic acid groups (broad SMARTS) is 1. The average molecular weight is 443 g/mol. The van der Waals surface area contributed by atoms with Crippen molar-refractivity contribution in [1.29, 1.82) is 0 Å². The van der Waals surface area contributed by atoms with Gasteiger partial charge in [0.2, 0.25) is 5.89 Å². The number of nitrogens with zero attached hydrogens (tertiary/aromatic N) is 2. The van der Waals surface area contributed by atoms with E-state index in [0.717, 1.165) is 34.1 Å². The summed E-state index contributed by atoms with van der Waals surface area (Å²) in [6.45, 7) is -0.0798. The Labute approximate surface area is 187 Å². The number of hydrogen-bond acceptors (Lipinski definition) is 5. The van der Waals surface area contributed by atoms with Crippen molar-refractivity contribution in [3.63, 3.8) is 0 Å². The van der Waals surface area contributed by atoms with Gasteiger partial charge in [-0.1, -0.05) is 72.9 Å². The summed E-state index contributed by atoms with van der Waals surface area (Å²) in [5.74, 6) is -1.32. The van der Waals surface area contributed by atoms with E-state index in [-0.39, 0.29) is 24.0 Å². The predicted molar refractivity (Wildman–Crippen MR) is 121 cm³/mol. The molecule has 2 aromatic carbocycles. The van der Waals surface area contributed by atoms with Crippen molar-refractivity contribution in [2.24, 2.45) is 0 Å². The van der Waals surface area contributed by atoms with Gasteiger partial charge in [0.25, 0.3) is 0 Å². The zero-order valence-electron chi connectivity index (χ0n) is 16.7. The number of H-pyrrole nitrogens is 1. The normalized spacial score (nSPS) is 12.8. The molecule has 0 aliphatic heterocycles. The van der Waals surface area contributed by atoms with Crippen molar-refractivity contribution in [2.45, 2.75) is 12.5 Å². The van der Waals surface area contributed by atoms with Crippen molar-refractivity contribution < 1.29 is 14.3 Å². The number of aromatic amines is 1. The van der Waals surface area contributed by atoms with Crippen LogP contribution in [0.3, 0.4) is 0 Å². The lowest BCUT2D eigenvalue weighted by Gasteiger charge is -2.21. The summed E-state index contributed by atoms with van der Waals surface area (Å²) in [5, 5.41) is 9.08. The smallest absolute Gasteiger partial charge is 0.357 e. The first-order valence-electron chi connectivity index (χ1n) is 9.89. The summed E-state index contributed by atoms with van der Waals surface area (Å²) < 4.78 is 6.91. The molecule has 2 heterocycles. The minimum atomic E-state index is -1.20. The molecule has 0 saturated carbocycles. The number of hydrogen-bond donors (Lipinski definition) is 2. The van der Waals surface area contributed by atoms with Crippen molar-refractivity contribution >= 4 is 30.3 Å². The Morgan fingerprint density at radius 3 is 2.28 bits per heavy atom. The molecule has 5 rings (SSSR count). The second kappa shape index (κ2) is 7.90. The molecular weight excluding hydrogens is 426 g/mol. The molecule has 32 heavy (non-hydrogen) atoms. The van der Waals surface area contributed by atoms with E-state index in [2.05, 4.69) is 34.3 Å². The molecule has 1 aliphatic rings. The molecule has 0 saturated heterocycles. The van der Waals surface area contributed by atoms with Gasteiger partial charge in [0, 0.05) is 17.7 Å². The lowest BCUT2D eigenvalue weighted by Crippen LogP contribution is -2.26. The first-order valence-corrected chi connectivity index (χ1v) is 10.3. The number of nitrogens with one attached hydrogen (secondary N) is 1. The van der Waals surface area contributed by atoms with Crippen LogP contribution in [0, 0.1) is 4.64 Å². The van der Waals surface area contributed by atoms with Crippen LogP contribution in [0.4, 0.5) is 0 Å². The largest absolute Gasteiger partial charge is 0.476 e. The molecule has 8 heteroatoms. The van der Waals surface area contributed by atoms with E-state index in [9.17, 15) is 9.59 Å². The molecule has 0 radical (unpaired) electrons. The van der Waals surface area contributed by atoms with Gasteiger partial charge in [0.15, 0.2) is 5.69 Å². The van der Waals surface area contributed by atoms with Gasteiger partial charge in [-0.2, -0.15) is 0 Å². The van der Waals surface area contributed by atoms with Crippen LogP contribution in [0.25, 0.3) is 12.2 Å².